The van der Waals surface area contributed by atoms with Crippen LogP contribution in [0.15, 0.2) is 36.4 Å². The highest BCUT2D eigenvalue weighted by Gasteiger charge is 2.15. The Kier molecular flexibility index (Phi) is 6.86. The average molecular weight is 372 g/mol. The zero-order chi connectivity index (χ0) is 12.8. The number of hydrogen-bond donors (Lipinski definition) is 2. The van der Waals surface area contributed by atoms with Crippen molar-refractivity contribution in [1.29, 1.82) is 5.41 Å². The molecule has 4 nitrogen and oxygen atoms in total. The van der Waals surface area contributed by atoms with Crippen molar-refractivity contribution < 1.29 is 0 Å². The van der Waals surface area contributed by atoms with Gasteiger partial charge in [0.25, 0.3) is 0 Å². The van der Waals surface area contributed by atoms with Gasteiger partial charge in [0.1, 0.15) is 0 Å². The van der Waals surface area contributed by atoms with Crippen molar-refractivity contribution in [2.45, 2.75) is 0 Å². The molecule has 0 bridgehead atoms. The Morgan fingerprint density at radius 2 is 1.79 bits per heavy atom. The Morgan fingerprint density at radius 3 is 2.37 bits per heavy atom. The zero-order valence-electron chi connectivity index (χ0n) is 11.0. The number of nitrogens with one attached hydrogen (secondary N) is 1. The highest BCUT2D eigenvalue weighted by molar-refractivity contribution is 14.0. The molecule has 2 rings (SSSR count). The molecule has 1 saturated heterocycles. The second-order valence-corrected chi connectivity index (χ2v) is 4.49. The van der Waals surface area contributed by atoms with Crippen molar-refractivity contribution >= 4 is 36.0 Å². The van der Waals surface area contributed by atoms with Gasteiger partial charge in [-0.3, -0.25) is 10.3 Å². The van der Waals surface area contributed by atoms with Gasteiger partial charge in [-0.1, -0.05) is 42.5 Å². The van der Waals surface area contributed by atoms with Gasteiger partial charge in [0, 0.05) is 32.7 Å². The quantitative estimate of drug-likeness (QED) is 0.484. The number of halogens is 1. The third-order valence-corrected chi connectivity index (χ3v) is 3.19. The molecule has 19 heavy (non-hydrogen) atoms. The normalized spacial score (nSPS) is 16.3. The van der Waals surface area contributed by atoms with Crippen LogP contribution in [0, 0.1) is 5.41 Å². The van der Waals surface area contributed by atoms with Crippen molar-refractivity contribution in [2.24, 2.45) is 5.73 Å². The summed E-state index contributed by atoms with van der Waals surface area (Å²) < 4.78 is 0. The lowest BCUT2D eigenvalue weighted by molar-refractivity contribution is 0.196. The zero-order valence-corrected chi connectivity index (χ0v) is 13.3. The van der Waals surface area contributed by atoms with E-state index >= 15 is 0 Å². The van der Waals surface area contributed by atoms with Gasteiger partial charge in [0.15, 0.2) is 5.96 Å². The first kappa shape index (κ1) is 16.0. The minimum absolute atomic E-state index is 0. The number of nitrogens with zero attached hydrogens (tertiary/aromatic N) is 2. The van der Waals surface area contributed by atoms with Crippen LogP contribution < -0.4 is 5.73 Å². The maximum atomic E-state index is 7.38. The Hall–Kier alpha value is -1.08. The summed E-state index contributed by atoms with van der Waals surface area (Å²) in [4.78, 5) is 4.29. The van der Waals surface area contributed by atoms with E-state index in [1.807, 2.05) is 23.1 Å². The molecule has 0 atom stereocenters. The molecule has 104 valence electrons. The monoisotopic (exact) mass is 372 g/mol. The Balaban J connectivity index is 0.00000180. The summed E-state index contributed by atoms with van der Waals surface area (Å²) in [6.45, 7) is 4.61. The van der Waals surface area contributed by atoms with Gasteiger partial charge >= 0.3 is 0 Å². The van der Waals surface area contributed by atoms with E-state index in [1.165, 1.54) is 5.56 Å². The van der Waals surface area contributed by atoms with Crippen LogP contribution in [0.3, 0.4) is 0 Å². The lowest BCUT2D eigenvalue weighted by atomic mass is 10.2. The molecule has 0 saturated carbocycles. The van der Waals surface area contributed by atoms with Gasteiger partial charge < -0.3 is 10.6 Å². The molecule has 0 unspecified atom stereocenters. The van der Waals surface area contributed by atoms with E-state index in [4.69, 9.17) is 11.1 Å². The molecule has 5 heteroatoms. The van der Waals surface area contributed by atoms with Crippen LogP contribution in [0.2, 0.25) is 0 Å². The van der Waals surface area contributed by atoms with E-state index in [9.17, 15) is 0 Å². The van der Waals surface area contributed by atoms with Crippen LogP contribution in [-0.4, -0.2) is 48.5 Å². The predicted octanol–water partition coefficient (Wildman–Crippen LogP) is 1.83. The average Bonchev–Trinajstić information content (AvgIpc) is 2.40. The number of piperazine rings is 1. The van der Waals surface area contributed by atoms with Crippen LogP contribution in [0.1, 0.15) is 5.56 Å². The molecular formula is C14H21IN4. The number of guanidine groups is 1. The second-order valence-electron chi connectivity index (χ2n) is 4.49. The van der Waals surface area contributed by atoms with Crippen molar-refractivity contribution in [3.63, 3.8) is 0 Å². The van der Waals surface area contributed by atoms with Crippen LogP contribution >= 0.6 is 24.0 Å². The first-order valence-corrected chi connectivity index (χ1v) is 6.28. The van der Waals surface area contributed by atoms with E-state index in [-0.39, 0.29) is 29.9 Å². The molecule has 3 N–H and O–H groups in total. The maximum absolute atomic E-state index is 7.38. The van der Waals surface area contributed by atoms with Gasteiger partial charge in [-0.05, 0) is 5.56 Å². The Labute approximate surface area is 131 Å². The van der Waals surface area contributed by atoms with E-state index < -0.39 is 0 Å². The van der Waals surface area contributed by atoms with E-state index in [0.717, 1.165) is 32.7 Å². The largest absolute Gasteiger partial charge is 0.370 e. The van der Waals surface area contributed by atoms with Gasteiger partial charge in [0.2, 0.25) is 0 Å². The summed E-state index contributed by atoms with van der Waals surface area (Å²) in [6, 6.07) is 10.3. The molecule has 0 amide bonds. The molecule has 1 aromatic carbocycles. The van der Waals surface area contributed by atoms with Crippen molar-refractivity contribution in [3.05, 3.63) is 42.0 Å². The number of benzene rings is 1. The molecule has 1 aliphatic rings. The fourth-order valence-corrected chi connectivity index (χ4v) is 2.07. The minimum Gasteiger partial charge on any atom is -0.370 e. The van der Waals surface area contributed by atoms with Gasteiger partial charge in [-0.15, -0.1) is 24.0 Å². The molecule has 0 aromatic heterocycles. The summed E-state index contributed by atoms with van der Waals surface area (Å²) in [5.41, 5.74) is 6.70. The smallest absolute Gasteiger partial charge is 0.188 e. The van der Waals surface area contributed by atoms with Crippen LogP contribution in [0.4, 0.5) is 0 Å². The van der Waals surface area contributed by atoms with Crippen LogP contribution in [0.25, 0.3) is 6.08 Å². The van der Waals surface area contributed by atoms with Gasteiger partial charge in [-0.2, -0.15) is 0 Å². The third-order valence-electron chi connectivity index (χ3n) is 3.19. The Morgan fingerprint density at radius 1 is 1.16 bits per heavy atom. The van der Waals surface area contributed by atoms with Crippen molar-refractivity contribution in [2.75, 3.05) is 32.7 Å². The highest BCUT2D eigenvalue weighted by atomic mass is 127. The van der Waals surface area contributed by atoms with E-state index in [0.29, 0.717) is 0 Å². The lowest BCUT2D eigenvalue weighted by Crippen LogP contribution is -2.50. The minimum atomic E-state index is 0. The number of nitrogens with two attached hydrogens (primary N) is 1. The van der Waals surface area contributed by atoms with Crippen molar-refractivity contribution in [1.82, 2.24) is 9.80 Å². The topological polar surface area (TPSA) is 56.4 Å². The summed E-state index contributed by atoms with van der Waals surface area (Å²) in [6.07, 6.45) is 4.34. The molecule has 1 heterocycles. The SMILES string of the molecule is I.N=C(N)N1CCN(C/C=C/c2ccccc2)CC1. The molecule has 1 aromatic rings. The molecular weight excluding hydrogens is 351 g/mol. The second kappa shape index (κ2) is 8.16. The highest BCUT2D eigenvalue weighted by Crippen LogP contribution is 2.04. The predicted molar refractivity (Wildman–Crippen MR) is 90.8 cm³/mol. The first-order valence-electron chi connectivity index (χ1n) is 6.28. The summed E-state index contributed by atoms with van der Waals surface area (Å²) in [5, 5.41) is 7.38. The number of hydrogen-bond acceptors (Lipinski definition) is 2. The summed E-state index contributed by atoms with van der Waals surface area (Å²) in [7, 11) is 0. The van der Waals surface area contributed by atoms with Gasteiger partial charge in [-0.25, -0.2) is 0 Å². The van der Waals surface area contributed by atoms with Crippen LogP contribution in [0.5, 0.6) is 0 Å². The fourth-order valence-electron chi connectivity index (χ4n) is 2.07. The van der Waals surface area contributed by atoms with Gasteiger partial charge in [0.05, 0.1) is 0 Å². The summed E-state index contributed by atoms with van der Waals surface area (Å²) >= 11 is 0. The van der Waals surface area contributed by atoms with Crippen molar-refractivity contribution in [3.8, 4) is 0 Å². The molecule has 0 spiro atoms. The number of rotatable bonds is 3. The van der Waals surface area contributed by atoms with E-state index in [1.54, 1.807) is 0 Å². The molecule has 0 radical (unpaired) electrons. The summed E-state index contributed by atoms with van der Waals surface area (Å²) in [5.74, 6) is 0.189. The lowest BCUT2D eigenvalue weighted by Gasteiger charge is -2.34. The first-order chi connectivity index (χ1) is 8.75. The standard InChI is InChI=1S/C14H20N4.HI/c15-14(16)18-11-9-17(10-12-18)8-4-7-13-5-2-1-3-6-13;/h1-7H,8-12H2,(H3,15,16);1H/b7-4+;. The van der Waals surface area contributed by atoms with Crippen LogP contribution in [-0.2, 0) is 0 Å². The molecule has 0 aliphatic carbocycles. The fraction of sp³-hybridized carbons (Fsp3) is 0.357. The molecule has 1 aliphatic heterocycles. The maximum Gasteiger partial charge on any atom is 0.188 e. The third kappa shape index (κ3) is 5.20. The Bertz CT molecular complexity index is 411. The van der Waals surface area contributed by atoms with E-state index in [2.05, 4.69) is 29.2 Å². The molecule has 1 fully saturated rings.